The second-order valence-electron chi connectivity index (χ2n) is 8.65. The average Bonchev–Trinajstić information content (AvgIpc) is 3.28. The topological polar surface area (TPSA) is 88.4 Å². The molecule has 39 heavy (non-hydrogen) atoms. The molecule has 5 rings (SSSR count). The lowest BCUT2D eigenvalue weighted by Gasteiger charge is -2.23. The zero-order chi connectivity index (χ0) is 27.5. The fraction of sp³-hybridized carbons (Fsp3) is 0.233. The number of benzene rings is 3. The highest BCUT2D eigenvalue weighted by atomic mass is 32.1. The van der Waals surface area contributed by atoms with Gasteiger partial charge in [0.25, 0.3) is 5.56 Å². The fourth-order valence-corrected chi connectivity index (χ4v) is 5.69. The number of thiazole rings is 1. The van der Waals surface area contributed by atoms with Crippen molar-refractivity contribution in [1.29, 1.82) is 0 Å². The first kappa shape index (κ1) is 26.2. The van der Waals surface area contributed by atoms with E-state index in [-0.39, 0.29) is 11.1 Å². The number of nitrogens with zero attached hydrogens (tertiary/aromatic N) is 2. The lowest BCUT2D eigenvalue weighted by Crippen LogP contribution is -2.39. The minimum atomic E-state index is -0.752. The van der Waals surface area contributed by atoms with Crippen LogP contribution in [0.3, 0.4) is 0 Å². The van der Waals surface area contributed by atoms with Crippen LogP contribution in [0.15, 0.2) is 76.2 Å². The molecule has 0 saturated carbocycles. The van der Waals surface area contributed by atoms with E-state index in [9.17, 15) is 9.59 Å². The summed E-state index contributed by atoms with van der Waals surface area (Å²) in [5.74, 6) is 1.31. The number of aromatic nitrogens is 1. The Bertz CT molecular complexity index is 1770. The van der Waals surface area contributed by atoms with E-state index in [1.165, 1.54) is 24.6 Å². The summed E-state index contributed by atoms with van der Waals surface area (Å²) < 4.78 is 24.1. The number of hydrogen-bond acceptors (Lipinski definition) is 8. The van der Waals surface area contributed by atoms with Gasteiger partial charge in [-0.05, 0) is 54.6 Å². The summed E-state index contributed by atoms with van der Waals surface area (Å²) in [4.78, 5) is 31.7. The van der Waals surface area contributed by atoms with E-state index < -0.39 is 12.0 Å². The molecule has 3 aromatic carbocycles. The van der Waals surface area contributed by atoms with E-state index in [0.29, 0.717) is 39.6 Å². The van der Waals surface area contributed by atoms with E-state index in [1.54, 1.807) is 23.8 Å². The van der Waals surface area contributed by atoms with Crippen LogP contribution in [0.1, 0.15) is 31.0 Å². The highest BCUT2D eigenvalue weighted by Crippen LogP contribution is 2.35. The Balaban J connectivity index is 1.70. The summed E-state index contributed by atoms with van der Waals surface area (Å²) in [6.45, 7) is 4.68. The maximum atomic E-state index is 13.9. The van der Waals surface area contributed by atoms with Gasteiger partial charge >= 0.3 is 5.97 Å². The Morgan fingerprint density at radius 3 is 2.41 bits per heavy atom. The summed E-state index contributed by atoms with van der Waals surface area (Å²) in [6.07, 6.45) is 3.33. The molecule has 0 unspecified atom stereocenters. The van der Waals surface area contributed by atoms with Gasteiger partial charge < -0.3 is 18.9 Å². The Labute approximate surface area is 229 Å². The van der Waals surface area contributed by atoms with Gasteiger partial charge in [-0.25, -0.2) is 9.79 Å². The minimum absolute atomic E-state index is 0.248. The summed E-state index contributed by atoms with van der Waals surface area (Å²) in [5, 5.41) is 1.91. The van der Waals surface area contributed by atoms with Crippen molar-refractivity contribution in [3.63, 3.8) is 0 Å². The number of fused-ring (bicyclic) bond motifs is 2. The van der Waals surface area contributed by atoms with Gasteiger partial charge in [0.1, 0.15) is 5.75 Å². The summed E-state index contributed by atoms with van der Waals surface area (Å²) in [5.41, 5.74) is 1.54. The zero-order valence-electron chi connectivity index (χ0n) is 22.1. The van der Waals surface area contributed by atoms with Crippen LogP contribution >= 0.6 is 11.3 Å². The van der Waals surface area contributed by atoms with E-state index in [2.05, 4.69) is 4.99 Å². The second-order valence-corrected chi connectivity index (χ2v) is 9.66. The van der Waals surface area contributed by atoms with Gasteiger partial charge in [-0.3, -0.25) is 9.36 Å². The Hall–Kier alpha value is -4.37. The quantitative estimate of drug-likeness (QED) is 0.312. The molecule has 0 aliphatic carbocycles. The summed E-state index contributed by atoms with van der Waals surface area (Å²) >= 11 is 1.27. The van der Waals surface area contributed by atoms with Gasteiger partial charge in [0.15, 0.2) is 16.3 Å². The van der Waals surface area contributed by atoms with Crippen LogP contribution in [0.4, 0.5) is 0 Å². The maximum absolute atomic E-state index is 13.9. The molecule has 0 radical (unpaired) electrons. The predicted molar refractivity (Wildman–Crippen MR) is 150 cm³/mol. The van der Waals surface area contributed by atoms with Crippen LogP contribution in [-0.4, -0.2) is 38.0 Å². The number of esters is 1. The molecule has 0 amide bonds. The van der Waals surface area contributed by atoms with Gasteiger partial charge in [-0.1, -0.05) is 47.7 Å². The van der Waals surface area contributed by atoms with Gasteiger partial charge in [0.05, 0.1) is 43.6 Å². The summed E-state index contributed by atoms with van der Waals surface area (Å²) in [6, 6.07) is 16.4. The Kier molecular flexibility index (Phi) is 7.51. The molecule has 1 atom stereocenters. The van der Waals surface area contributed by atoms with E-state index in [0.717, 1.165) is 22.1 Å². The molecule has 2 heterocycles. The molecule has 9 heteroatoms. The smallest absolute Gasteiger partial charge is 0.337 e. The van der Waals surface area contributed by atoms with Crippen LogP contribution in [0, 0.1) is 0 Å². The lowest BCUT2D eigenvalue weighted by atomic mass is 9.97. The van der Waals surface area contributed by atoms with Crippen molar-refractivity contribution in [2.45, 2.75) is 19.9 Å². The fourth-order valence-electron chi connectivity index (χ4n) is 4.73. The number of methoxy groups -OCH3 is 2. The molecule has 1 aromatic heterocycles. The standard InChI is InChI=1S/C30H28N2O6S/c1-5-37-24-14-12-19(15-25(24)38-6-2)27-22(29(34)36-4)17-31-30-32(27)28(33)26(39-30)16-18-11-13-23(35-3)21-10-8-7-9-20(18)21/h7-17,27H,5-6H2,1-4H3/b26-16-/t27-/m0/s1. The van der Waals surface area contributed by atoms with Crippen LogP contribution in [-0.2, 0) is 9.53 Å². The highest BCUT2D eigenvalue weighted by molar-refractivity contribution is 7.07. The van der Waals surface area contributed by atoms with Crippen molar-refractivity contribution in [1.82, 2.24) is 4.57 Å². The first-order valence-corrected chi connectivity index (χ1v) is 13.4. The van der Waals surface area contributed by atoms with Gasteiger partial charge in [-0.15, -0.1) is 0 Å². The monoisotopic (exact) mass is 544 g/mol. The first-order chi connectivity index (χ1) is 19.0. The van der Waals surface area contributed by atoms with Crippen LogP contribution in [0.5, 0.6) is 17.2 Å². The SMILES string of the molecule is CCOc1ccc([C@H]2C(C(=O)OC)=CN=c3s/c(=C\c4ccc(OC)c5ccccc45)c(=O)n32)cc1OCC. The van der Waals surface area contributed by atoms with Gasteiger partial charge in [-0.2, -0.15) is 0 Å². The van der Waals surface area contributed by atoms with Crippen LogP contribution in [0.2, 0.25) is 0 Å². The lowest BCUT2D eigenvalue weighted by molar-refractivity contribution is -0.136. The molecule has 0 spiro atoms. The van der Waals surface area contributed by atoms with E-state index in [4.69, 9.17) is 18.9 Å². The van der Waals surface area contributed by atoms with Crippen molar-refractivity contribution in [3.05, 3.63) is 97.2 Å². The largest absolute Gasteiger partial charge is 0.496 e. The molecular weight excluding hydrogens is 516 g/mol. The van der Waals surface area contributed by atoms with Crippen LogP contribution in [0.25, 0.3) is 16.8 Å². The number of rotatable bonds is 8. The van der Waals surface area contributed by atoms with Crippen molar-refractivity contribution in [2.24, 2.45) is 4.99 Å². The molecule has 0 saturated heterocycles. The van der Waals surface area contributed by atoms with E-state index >= 15 is 0 Å². The predicted octanol–water partition coefficient (Wildman–Crippen LogP) is 3.98. The third kappa shape index (κ3) is 4.81. The molecule has 1 aliphatic heterocycles. The van der Waals surface area contributed by atoms with Crippen molar-refractivity contribution in [3.8, 4) is 17.2 Å². The molecule has 0 N–H and O–H groups in total. The molecular formula is C30H28N2O6S. The number of hydrogen-bond donors (Lipinski definition) is 0. The molecule has 0 bridgehead atoms. The first-order valence-electron chi connectivity index (χ1n) is 12.5. The highest BCUT2D eigenvalue weighted by Gasteiger charge is 2.31. The van der Waals surface area contributed by atoms with Gasteiger partial charge in [0.2, 0.25) is 0 Å². The van der Waals surface area contributed by atoms with E-state index in [1.807, 2.05) is 62.4 Å². The average molecular weight is 545 g/mol. The number of carbonyl (C=O) groups excluding carboxylic acids is 1. The molecule has 1 aliphatic rings. The Morgan fingerprint density at radius 1 is 0.974 bits per heavy atom. The van der Waals surface area contributed by atoms with Crippen molar-refractivity contribution >= 4 is 34.2 Å². The molecule has 4 aromatic rings. The molecule has 8 nitrogen and oxygen atoms in total. The third-order valence-corrected chi connectivity index (χ3v) is 7.43. The minimum Gasteiger partial charge on any atom is -0.496 e. The maximum Gasteiger partial charge on any atom is 0.337 e. The third-order valence-electron chi connectivity index (χ3n) is 6.43. The number of ether oxygens (including phenoxy) is 4. The molecule has 0 fully saturated rings. The normalized spacial score (nSPS) is 14.8. The number of carbonyl (C=O) groups is 1. The Morgan fingerprint density at radius 2 is 1.69 bits per heavy atom. The van der Waals surface area contributed by atoms with Gasteiger partial charge in [0, 0.05) is 11.6 Å². The zero-order valence-corrected chi connectivity index (χ0v) is 22.9. The second kappa shape index (κ2) is 11.2. The molecule has 200 valence electrons. The van der Waals surface area contributed by atoms with Crippen molar-refractivity contribution in [2.75, 3.05) is 27.4 Å². The van der Waals surface area contributed by atoms with Crippen LogP contribution < -0.4 is 29.1 Å². The summed E-state index contributed by atoms with van der Waals surface area (Å²) in [7, 11) is 2.94. The van der Waals surface area contributed by atoms with Crippen molar-refractivity contribution < 1.29 is 23.7 Å².